The summed E-state index contributed by atoms with van der Waals surface area (Å²) in [7, 11) is 3.59. The van der Waals surface area contributed by atoms with E-state index in [4.69, 9.17) is 9.47 Å². The number of likely N-dealkylation sites (tertiary alicyclic amines) is 1. The summed E-state index contributed by atoms with van der Waals surface area (Å²) in [4.78, 5) is 6.71. The van der Waals surface area contributed by atoms with Gasteiger partial charge in [0.05, 0.1) is 6.10 Å². The maximum absolute atomic E-state index is 5.88. The maximum Gasteiger partial charge on any atom is 0.193 e. The summed E-state index contributed by atoms with van der Waals surface area (Å²) in [5.41, 5.74) is 0. The highest BCUT2D eigenvalue weighted by Crippen LogP contribution is 2.14. The molecule has 1 aliphatic rings. The van der Waals surface area contributed by atoms with Crippen LogP contribution in [0, 0.1) is 0 Å². The standard InChI is InChI=1S/C15H31N3O2/c1-4-5-9-17-15(16-2)18-10-7-14(8-11-18)20-13-6-12-19-3/h14H,4-13H2,1-3H3,(H,16,17). The smallest absolute Gasteiger partial charge is 0.193 e. The number of methoxy groups -OCH3 is 1. The Morgan fingerprint density at radius 3 is 2.60 bits per heavy atom. The highest BCUT2D eigenvalue weighted by atomic mass is 16.5. The van der Waals surface area contributed by atoms with Gasteiger partial charge in [-0.15, -0.1) is 0 Å². The van der Waals surface area contributed by atoms with Gasteiger partial charge in [0, 0.05) is 47.0 Å². The van der Waals surface area contributed by atoms with Crippen LogP contribution >= 0.6 is 0 Å². The minimum Gasteiger partial charge on any atom is -0.385 e. The Labute approximate surface area is 123 Å². The number of hydrogen-bond acceptors (Lipinski definition) is 3. The molecule has 118 valence electrons. The quantitative estimate of drug-likeness (QED) is 0.420. The predicted molar refractivity (Wildman–Crippen MR) is 83.3 cm³/mol. The average molecular weight is 285 g/mol. The molecule has 20 heavy (non-hydrogen) atoms. The third kappa shape index (κ3) is 6.57. The summed E-state index contributed by atoms with van der Waals surface area (Å²) in [6.07, 6.45) is 5.95. The van der Waals surface area contributed by atoms with Gasteiger partial charge in [0.1, 0.15) is 0 Å². The zero-order valence-electron chi connectivity index (χ0n) is 13.4. The molecule has 1 aliphatic heterocycles. The number of ether oxygens (including phenoxy) is 2. The lowest BCUT2D eigenvalue weighted by Gasteiger charge is -2.34. The lowest BCUT2D eigenvalue weighted by atomic mass is 10.1. The van der Waals surface area contributed by atoms with Crippen molar-refractivity contribution in [3.8, 4) is 0 Å². The Hall–Kier alpha value is -0.810. The second-order valence-corrected chi connectivity index (χ2v) is 5.23. The van der Waals surface area contributed by atoms with E-state index in [-0.39, 0.29) is 0 Å². The summed E-state index contributed by atoms with van der Waals surface area (Å²) >= 11 is 0. The molecule has 0 saturated carbocycles. The first-order valence-corrected chi connectivity index (χ1v) is 7.88. The molecule has 0 atom stereocenters. The largest absolute Gasteiger partial charge is 0.385 e. The molecule has 0 aliphatic carbocycles. The van der Waals surface area contributed by atoms with Crippen molar-refractivity contribution in [3.63, 3.8) is 0 Å². The highest BCUT2D eigenvalue weighted by Gasteiger charge is 2.21. The second-order valence-electron chi connectivity index (χ2n) is 5.23. The maximum atomic E-state index is 5.88. The van der Waals surface area contributed by atoms with Crippen LogP contribution in [0.3, 0.4) is 0 Å². The van der Waals surface area contributed by atoms with Crippen molar-refractivity contribution in [2.75, 3.05) is 47.0 Å². The van der Waals surface area contributed by atoms with E-state index in [1.165, 1.54) is 12.8 Å². The summed E-state index contributed by atoms with van der Waals surface area (Å²) in [6, 6.07) is 0. The third-order valence-corrected chi connectivity index (χ3v) is 3.61. The molecule has 1 heterocycles. The first-order chi connectivity index (χ1) is 9.81. The average Bonchev–Trinajstić information content (AvgIpc) is 2.49. The zero-order chi connectivity index (χ0) is 14.6. The summed E-state index contributed by atoms with van der Waals surface area (Å²) in [6.45, 7) is 6.86. The lowest BCUT2D eigenvalue weighted by Crippen LogP contribution is -2.47. The van der Waals surface area contributed by atoms with Crippen LogP contribution in [0.5, 0.6) is 0 Å². The number of nitrogens with zero attached hydrogens (tertiary/aromatic N) is 2. The van der Waals surface area contributed by atoms with Crippen molar-refractivity contribution in [3.05, 3.63) is 0 Å². The van der Waals surface area contributed by atoms with E-state index in [0.29, 0.717) is 6.10 Å². The van der Waals surface area contributed by atoms with E-state index >= 15 is 0 Å². The van der Waals surface area contributed by atoms with Crippen molar-refractivity contribution in [1.29, 1.82) is 0 Å². The summed E-state index contributed by atoms with van der Waals surface area (Å²) < 4.78 is 10.9. The summed E-state index contributed by atoms with van der Waals surface area (Å²) in [5, 5.41) is 3.43. The molecular formula is C15H31N3O2. The third-order valence-electron chi connectivity index (χ3n) is 3.61. The lowest BCUT2D eigenvalue weighted by molar-refractivity contribution is 0.00991. The van der Waals surface area contributed by atoms with Crippen LogP contribution in [0.25, 0.3) is 0 Å². The van der Waals surface area contributed by atoms with Gasteiger partial charge in [0.15, 0.2) is 5.96 Å². The van der Waals surface area contributed by atoms with Gasteiger partial charge < -0.3 is 19.7 Å². The van der Waals surface area contributed by atoms with Crippen LogP contribution in [0.4, 0.5) is 0 Å². The predicted octanol–water partition coefficient (Wildman–Crippen LogP) is 1.88. The highest BCUT2D eigenvalue weighted by molar-refractivity contribution is 5.79. The molecule has 0 unspecified atom stereocenters. The molecule has 0 aromatic heterocycles. The van der Waals surface area contributed by atoms with Gasteiger partial charge in [-0.3, -0.25) is 4.99 Å². The minimum absolute atomic E-state index is 0.400. The first-order valence-electron chi connectivity index (χ1n) is 7.88. The summed E-state index contributed by atoms with van der Waals surface area (Å²) in [5.74, 6) is 1.04. The van der Waals surface area contributed by atoms with Gasteiger partial charge in [0.2, 0.25) is 0 Å². The minimum atomic E-state index is 0.400. The monoisotopic (exact) mass is 285 g/mol. The van der Waals surface area contributed by atoms with Crippen molar-refractivity contribution in [2.45, 2.75) is 45.1 Å². The Morgan fingerprint density at radius 1 is 1.25 bits per heavy atom. The Balaban J connectivity index is 2.19. The van der Waals surface area contributed by atoms with E-state index in [0.717, 1.165) is 58.1 Å². The molecule has 1 fully saturated rings. The molecule has 0 spiro atoms. The number of piperidine rings is 1. The van der Waals surface area contributed by atoms with Crippen LogP contribution in [0.15, 0.2) is 4.99 Å². The number of rotatable bonds is 8. The topological polar surface area (TPSA) is 46.1 Å². The number of guanidine groups is 1. The van der Waals surface area contributed by atoms with E-state index in [1.54, 1.807) is 7.11 Å². The van der Waals surface area contributed by atoms with Gasteiger partial charge >= 0.3 is 0 Å². The fourth-order valence-corrected chi connectivity index (χ4v) is 2.40. The molecule has 5 heteroatoms. The van der Waals surface area contributed by atoms with Gasteiger partial charge in [-0.05, 0) is 25.7 Å². The molecule has 1 saturated heterocycles. The fourth-order valence-electron chi connectivity index (χ4n) is 2.40. The van der Waals surface area contributed by atoms with Gasteiger partial charge in [-0.2, -0.15) is 0 Å². The Kier molecular flexibility index (Phi) is 9.41. The second kappa shape index (κ2) is 10.9. The van der Waals surface area contributed by atoms with Crippen LogP contribution < -0.4 is 5.32 Å². The van der Waals surface area contributed by atoms with Crippen molar-refractivity contribution >= 4 is 5.96 Å². The van der Waals surface area contributed by atoms with Crippen LogP contribution in [0.1, 0.15) is 39.0 Å². The van der Waals surface area contributed by atoms with E-state index in [2.05, 4.69) is 22.1 Å². The van der Waals surface area contributed by atoms with E-state index in [1.807, 2.05) is 7.05 Å². The van der Waals surface area contributed by atoms with Crippen molar-refractivity contribution < 1.29 is 9.47 Å². The molecule has 1 rings (SSSR count). The first kappa shape index (κ1) is 17.2. The molecular weight excluding hydrogens is 254 g/mol. The van der Waals surface area contributed by atoms with Gasteiger partial charge in [-0.1, -0.05) is 13.3 Å². The molecule has 0 radical (unpaired) electrons. The van der Waals surface area contributed by atoms with E-state index < -0.39 is 0 Å². The fraction of sp³-hybridized carbons (Fsp3) is 0.933. The molecule has 5 nitrogen and oxygen atoms in total. The SMILES string of the molecule is CCCCNC(=NC)N1CCC(OCCCOC)CC1. The van der Waals surface area contributed by atoms with Crippen molar-refractivity contribution in [2.24, 2.45) is 4.99 Å². The van der Waals surface area contributed by atoms with Gasteiger partial charge in [-0.25, -0.2) is 0 Å². The van der Waals surface area contributed by atoms with Crippen LogP contribution in [-0.2, 0) is 9.47 Å². The van der Waals surface area contributed by atoms with Crippen LogP contribution in [-0.4, -0.2) is 64.0 Å². The Bertz CT molecular complexity index is 264. The molecule has 0 aromatic rings. The zero-order valence-corrected chi connectivity index (χ0v) is 13.4. The molecule has 1 N–H and O–H groups in total. The van der Waals surface area contributed by atoms with Crippen molar-refractivity contribution in [1.82, 2.24) is 10.2 Å². The van der Waals surface area contributed by atoms with Gasteiger partial charge in [0.25, 0.3) is 0 Å². The van der Waals surface area contributed by atoms with E-state index in [9.17, 15) is 0 Å². The normalized spacial score (nSPS) is 17.6. The number of unbranched alkanes of at least 4 members (excludes halogenated alkanes) is 1. The molecule has 0 aromatic carbocycles. The number of hydrogen-bond donors (Lipinski definition) is 1. The molecule has 0 bridgehead atoms. The number of nitrogens with one attached hydrogen (secondary N) is 1. The number of aliphatic imine (C=N–C) groups is 1. The van der Waals surface area contributed by atoms with Crippen LogP contribution in [0.2, 0.25) is 0 Å². The Morgan fingerprint density at radius 2 is 2.00 bits per heavy atom. The molecule has 0 amide bonds.